The molecule has 2 heterocycles. The Morgan fingerprint density at radius 2 is 2.38 bits per heavy atom. The molecule has 1 saturated heterocycles. The van der Waals surface area contributed by atoms with Crippen molar-refractivity contribution in [1.29, 1.82) is 0 Å². The number of nitrogens with one attached hydrogen (secondary N) is 2. The molecule has 1 aliphatic heterocycles. The Morgan fingerprint density at radius 1 is 1.52 bits per heavy atom. The van der Waals surface area contributed by atoms with Crippen LogP contribution in [-0.2, 0) is 16.1 Å². The number of aliphatic hydroxyl groups is 1. The standard InChI is InChI=1S/C14H20N4O3/c19-8-6-16-13(20)9-12-14(21)17-5-7-18(12)10-11-3-1-2-4-15-11/h1-4,12,19H,5-10H2,(H,16,20)(H,17,21)/t12-/m0/s1. The number of nitrogens with zero attached hydrogens (tertiary/aromatic N) is 2. The maximum atomic E-state index is 12.0. The van der Waals surface area contributed by atoms with Gasteiger partial charge in [0.2, 0.25) is 11.8 Å². The Morgan fingerprint density at radius 3 is 3.10 bits per heavy atom. The van der Waals surface area contributed by atoms with Crippen LogP contribution < -0.4 is 10.6 Å². The normalized spacial score (nSPS) is 19.1. The van der Waals surface area contributed by atoms with Gasteiger partial charge in [-0.05, 0) is 12.1 Å². The van der Waals surface area contributed by atoms with E-state index in [2.05, 4.69) is 15.6 Å². The summed E-state index contributed by atoms with van der Waals surface area (Å²) in [4.78, 5) is 30.0. The fraction of sp³-hybridized carbons (Fsp3) is 0.500. The number of pyridine rings is 1. The first-order valence-corrected chi connectivity index (χ1v) is 7.00. The third-order valence-electron chi connectivity index (χ3n) is 3.35. The largest absolute Gasteiger partial charge is 0.395 e. The molecule has 7 heteroatoms. The molecule has 21 heavy (non-hydrogen) atoms. The van der Waals surface area contributed by atoms with Gasteiger partial charge in [-0.1, -0.05) is 6.07 Å². The second-order valence-electron chi connectivity index (χ2n) is 4.88. The Hall–Kier alpha value is -1.99. The van der Waals surface area contributed by atoms with E-state index in [1.807, 2.05) is 23.1 Å². The second kappa shape index (κ2) is 7.70. The zero-order chi connectivity index (χ0) is 15.1. The van der Waals surface area contributed by atoms with Crippen molar-refractivity contribution in [2.45, 2.75) is 19.0 Å². The zero-order valence-corrected chi connectivity index (χ0v) is 11.8. The van der Waals surface area contributed by atoms with Gasteiger partial charge >= 0.3 is 0 Å². The molecule has 114 valence electrons. The smallest absolute Gasteiger partial charge is 0.237 e. The van der Waals surface area contributed by atoms with Crippen LogP contribution in [0.4, 0.5) is 0 Å². The minimum absolute atomic E-state index is 0.0820. The summed E-state index contributed by atoms with van der Waals surface area (Å²) in [5, 5.41) is 14.1. The van der Waals surface area contributed by atoms with Crippen molar-refractivity contribution in [2.24, 2.45) is 0 Å². The predicted octanol–water partition coefficient (Wildman–Crippen LogP) is -1.12. The molecule has 0 spiro atoms. The highest BCUT2D eigenvalue weighted by Gasteiger charge is 2.31. The number of hydrogen-bond acceptors (Lipinski definition) is 5. The molecule has 0 unspecified atom stereocenters. The Kier molecular flexibility index (Phi) is 5.65. The Labute approximate surface area is 123 Å². The molecule has 0 radical (unpaired) electrons. The van der Waals surface area contributed by atoms with Gasteiger partial charge in [0.15, 0.2) is 0 Å². The van der Waals surface area contributed by atoms with Crippen molar-refractivity contribution in [3.05, 3.63) is 30.1 Å². The zero-order valence-electron chi connectivity index (χ0n) is 11.8. The summed E-state index contributed by atoms with van der Waals surface area (Å²) in [5.41, 5.74) is 0.868. The Bertz CT molecular complexity index is 480. The van der Waals surface area contributed by atoms with Gasteiger partial charge in [0, 0.05) is 32.4 Å². The monoisotopic (exact) mass is 292 g/mol. The van der Waals surface area contributed by atoms with Crippen LogP contribution in [-0.4, -0.2) is 59.1 Å². The molecule has 1 aromatic rings. The van der Waals surface area contributed by atoms with Crippen LogP contribution in [0.25, 0.3) is 0 Å². The van der Waals surface area contributed by atoms with Crippen LogP contribution in [0.5, 0.6) is 0 Å². The third-order valence-corrected chi connectivity index (χ3v) is 3.35. The number of aliphatic hydroxyl groups excluding tert-OH is 1. The average molecular weight is 292 g/mol. The number of carbonyl (C=O) groups excluding carboxylic acids is 2. The highest BCUT2D eigenvalue weighted by molar-refractivity contribution is 5.88. The molecule has 0 saturated carbocycles. The predicted molar refractivity (Wildman–Crippen MR) is 76.2 cm³/mol. The summed E-state index contributed by atoms with van der Waals surface area (Å²) in [5.74, 6) is -0.381. The number of aromatic nitrogens is 1. The van der Waals surface area contributed by atoms with Gasteiger partial charge in [0.05, 0.1) is 24.8 Å². The van der Waals surface area contributed by atoms with Gasteiger partial charge < -0.3 is 15.7 Å². The summed E-state index contributed by atoms with van der Waals surface area (Å²) >= 11 is 0. The van der Waals surface area contributed by atoms with E-state index in [4.69, 9.17) is 5.11 Å². The fourth-order valence-corrected chi connectivity index (χ4v) is 2.32. The lowest BCUT2D eigenvalue weighted by atomic mass is 10.1. The van der Waals surface area contributed by atoms with E-state index in [9.17, 15) is 9.59 Å². The summed E-state index contributed by atoms with van der Waals surface area (Å²) in [6, 6.07) is 5.14. The van der Waals surface area contributed by atoms with E-state index in [0.717, 1.165) is 5.69 Å². The van der Waals surface area contributed by atoms with Gasteiger partial charge in [-0.3, -0.25) is 19.5 Å². The Balaban J connectivity index is 1.99. The average Bonchev–Trinajstić information content (AvgIpc) is 2.50. The van der Waals surface area contributed by atoms with Crippen molar-refractivity contribution in [3.8, 4) is 0 Å². The second-order valence-corrected chi connectivity index (χ2v) is 4.88. The minimum Gasteiger partial charge on any atom is -0.395 e. The molecule has 0 aromatic carbocycles. The van der Waals surface area contributed by atoms with Gasteiger partial charge in [0.25, 0.3) is 0 Å². The molecule has 3 N–H and O–H groups in total. The molecule has 2 rings (SSSR count). The van der Waals surface area contributed by atoms with Crippen molar-refractivity contribution < 1.29 is 14.7 Å². The highest BCUT2D eigenvalue weighted by Crippen LogP contribution is 2.12. The molecule has 7 nitrogen and oxygen atoms in total. The molecule has 0 aliphatic carbocycles. The van der Waals surface area contributed by atoms with Crippen molar-refractivity contribution in [2.75, 3.05) is 26.2 Å². The van der Waals surface area contributed by atoms with Crippen molar-refractivity contribution in [1.82, 2.24) is 20.5 Å². The van der Waals surface area contributed by atoms with Crippen molar-refractivity contribution in [3.63, 3.8) is 0 Å². The number of amides is 2. The van der Waals surface area contributed by atoms with E-state index in [0.29, 0.717) is 19.6 Å². The molecule has 1 fully saturated rings. The lowest BCUT2D eigenvalue weighted by Gasteiger charge is -2.34. The molecule has 1 aliphatic rings. The molecular formula is C14H20N4O3. The summed E-state index contributed by atoms with van der Waals surface area (Å²) in [7, 11) is 0. The molecule has 1 atom stereocenters. The van der Waals surface area contributed by atoms with Crippen LogP contribution in [0.1, 0.15) is 12.1 Å². The molecule has 0 bridgehead atoms. The first-order chi connectivity index (χ1) is 10.2. The highest BCUT2D eigenvalue weighted by atomic mass is 16.3. The molecular weight excluding hydrogens is 272 g/mol. The number of piperazine rings is 1. The minimum atomic E-state index is -0.501. The van der Waals surface area contributed by atoms with E-state index in [1.165, 1.54) is 0 Å². The van der Waals surface area contributed by atoms with Crippen LogP contribution in [0.3, 0.4) is 0 Å². The molecule has 1 aromatic heterocycles. The third kappa shape index (κ3) is 4.51. The topological polar surface area (TPSA) is 94.6 Å². The fourth-order valence-electron chi connectivity index (χ4n) is 2.32. The lowest BCUT2D eigenvalue weighted by molar-refractivity contribution is -0.134. The van der Waals surface area contributed by atoms with E-state index in [-0.39, 0.29) is 31.4 Å². The van der Waals surface area contributed by atoms with Gasteiger partial charge in [0.1, 0.15) is 0 Å². The van der Waals surface area contributed by atoms with Crippen LogP contribution in [0, 0.1) is 0 Å². The first kappa shape index (κ1) is 15.4. The maximum absolute atomic E-state index is 12.0. The quantitative estimate of drug-likeness (QED) is 0.617. The van der Waals surface area contributed by atoms with E-state index < -0.39 is 6.04 Å². The summed E-state index contributed by atoms with van der Waals surface area (Å²) in [6.45, 7) is 1.88. The molecule has 2 amide bonds. The SMILES string of the molecule is O=C(C[C@H]1C(=O)NCCN1Cc1ccccn1)NCCO. The van der Waals surface area contributed by atoms with Gasteiger partial charge in [-0.25, -0.2) is 0 Å². The van der Waals surface area contributed by atoms with Crippen LogP contribution in [0.15, 0.2) is 24.4 Å². The first-order valence-electron chi connectivity index (χ1n) is 7.00. The van der Waals surface area contributed by atoms with Gasteiger partial charge in [-0.15, -0.1) is 0 Å². The maximum Gasteiger partial charge on any atom is 0.237 e. The van der Waals surface area contributed by atoms with E-state index in [1.54, 1.807) is 6.20 Å². The number of carbonyl (C=O) groups is 2. The number of hydrogen-bond donors (Lipinski definition) is 3. The van der Waals surface area contributed by atoms with Crippen LogP contribution in [0.2, 0.25) is 0 Å². The lowest BCUT2D eigenvalue weighted by Crippen LogP contribution is -2.56. The number of rotatable bonds is 6. The summed E-state index contributed by atoms with van der Waals surface area (Å²) < 4.78 is 0. The summed E-state index contributed by atoms with van der Waals surface area (Å²) in [6.07, 6.45) is 1.79. The van der Waals surface area contributed by atoms with Gasteiger partial charge in [-0.2, -0.15) is 0 Å². The van der Waals surface area contributed by atoms with Crippen LogP contribution >= 0.6 is 0 Å². The van der Waals surface area contributed by atoms with E-state index >= 15 is 0 Å². The van der Waals surface area contributed by atoms with Crippen molar-refractivity contribution >= 4 is 11.8 Å².